The number of carbonyl (C=O) groups is 1. The van der Waals surface area contributed by atoms with Crippen molar-refractivity contribution in [2.45, 2.75) is 31.3 Å². The number of carbonyl (C=O) groups excluding carboxylic acids is 1. The van der Waals surface area contributed by atoms with Crippen LogP contribution in [0.15, 0.2) is 35.0 Å². The van der Waals surface area contributed by atoms with Gasteiger partial charge in [0.05, 0.1) is 22.2 Å². The van der Waals surface area contributed by atoms with E-state index < -0.39 is 6.04 Å². The molecule has 3 aromatic heterocycles. The van der Waals surface area contributed by atoms with Crippen molar-refractivity contribution in [1.82, 2.24) is 24.8 Å². The Morgan fingerprint density at radius 3 is 3.00 bits per heavy atom. The van der Waals surface area contributed by atoms with Gasteiger partial charge in [-0.15, -0.1) is 11.3 Å². The Hall–Kier alpha value is -3.71. The Balaban J connectivity index is 1.42. The van der Waals surface area contributed by atoms with Crippen LogP contribution in [0.5, 0.6) is 0 Å². The van der Waals surface area contributed by atoms with Crippen LogP contribution in [0.4, 0.5) is 6.01 Å². The lowest BCUT2D eigenvalue weighted by atomic mass is 10.0. The van der Waals surface area contributed by atoms with Crippen LogP contribution in [-0.4, -0.2) is 43.3 Å². The molecule has 0 saturated heterocycles. The molecule has 1 atom stereocenters. The number of amides is 1. The molecule has 10 heteroatoms. The van der Waals surface area contributed by atoms with Gasteiger partial charge >= 0.3 is 0 Å². The standard InChI is InChI=1S/C21H17N7O2S/c22-9-14-18(30-21(27-14)25-11-5-6-11)20(29)28-8-7-13-16(24-10-23-13)17(28)19-26-12-3-1-2-4-15(12)31-19/h1-4,10-11,17H,5-8H2,(H,23,24)(H,25,27)/t17-/m0/s1. The van der Waals surface area contributed by atoms with Gasteiger partial charge in [-0.1, -0.05) is 12.1 Å². The lowest BCUT2D eigenvalue weighted by molar-refractivity contribution is 0.0658. The summed E-state index contributed by atoms with van der Waals surface area (Å²) in [5.41, 5.74) is 2.63. The minimum absolute atomic E-state index is 0.0102. The maximum absolute atomic E-state index is 13.6. The molecule has 0 spiro atoms. The summed E-state index contributed by atoms with van der Waals surface area (Å²) < 4.78 is 6.75. The molecule has 2 N–H and O–H groups in total. The number of nitrogens with one attached hydrogen (secondary N) is 2. The highest BCUT2D eigenvalue weighted by molar-refractivity contribution is 7.18. The average Bonchev–Trinajstić information content (AvgIpc) is 3.19. The largest absolute Gasteiger partial charge is 0.417 e. The molecule has 154 valence electrons. The second kappa shape index (κ2) is 6.92. The molecule has 1 amide bonds. The average molecular weight is 431 g/mol. The van der Waals surface area contributed by atoms with Crippen molar-refractivity contribution in [1.29, 1.82) is 5.26 Å². The molecule has 1 aliphatic carbocycles. The van der Waals surface area contributed by atoms with Gasteiger partial charge in [-0.25, -0.2) is 9.97 Å². The molecule has 1 aliphatic heterocycles. The topological polar surface area (TPSA) is 124 Å². The SMILES string of the molecule is N#Cc1nc(NC2CC2)oc1C(=O)N1CCc2[nH]cnc2[C@H]1c1nc2ccccc2s1. The number of para-hydroxylation sites is 1. The number of rotatable bonds is 4. The minimum Gasteiger partial charge on any atom is -0.417 e. The third-order valence-electron chi connectivity index (χ3n) is 5.56. The van der Waals surface area contributed by atoms with Crippen LogP contribution in [0.3, 0.4) is 0 Å². The van der Waals surface area contributed by atoms with E-state index in [1.54, 1.807) is 11.2 Å². The third kappa shape index (κ3) is 3.05. The molecule has 9 nitrogen and oxygen atoms in total. The first kappa shape index (κ1) is 18.1. The zero-order valence-electron chi connectivity index (χ0n) is 16.3. The van der Waals surface area contributed by atoms with Crippen molar-refractivity contribution in [3.63, 3.8) is 0 Å². The third-order valence-corrected chi connectivity index (χ3v) is 6.65. The quantitative estimate of drug-likeness (QED) is 0.508. The Morgan fingerprint density at radius 2 is 2.19 bits per heavy atom. The van der Waals surface area contributed by atoms with E-state index in [1.807, 2.05) is 30.3 Å². The van der Waals surface area contributed by atoms with Crippen LogP contribution >= 0.6 is 11.3 Å². The van der Waals surface area contributed by atoms with E-state index in [4.69, 9.17) is 9.40 Å². The summed E-state index contributed by atoms with van der Waals surface area (Å²) in [6, 6.07) is 9.92. The summed E-state index contributed by atoms with van der Waals surface area (Å²) in [5.74, 6) is -0.429. The second-order valence-corrected chi connectivity index (χ2v) is 8.73. The number of oxazole rings is 1. The van der Waals surface area contributed by atoms with Crippen molar-refractivity contribution < 1.29 is 9.21 Å². The van der Waals surface area contributed by atoms with E-state index in [2.05, 4.69) is 20.3 Å². The summed E-state index contributed by atoms with van der Waals surface area (Å²) in [4.78, 5) is 31.9. The molecule has 6 rings (SSSR count). The van der Waals surface area contributed by atoms with Gasteiger partial charge in [0.25, 0.3) is 11.9 Å². The van der Waals surface area contributed by atoms with Crippen molar-refractivity contribution in [2.24, 2.45) is 0 Å². The Morgan fingerprint density at radius 1 is 1.32 bits per heavy atom. The first-order chi connectivity index (χ1) is 15.2. The second-order valence-electron chi connectivity index (χ2n) is 7.66. The molecule has 31 heavy (non-hydrogen) atoms. The van der Waals surface area contributed by atoms with Gasteiger partial charge in [0.2, 0.25) is 5.76 Å². The highest BCUT2D eigenvalue weighted by Crippen LogP contribution is 2.38. The van der Waals surface area contributed by atoms with Crippen LogP contribution in [0.25, 0.3) is 10.2 Å². The van der Waals surface area contributed by atoms with Crippen LogP contribution in [0.2, 0.25) is 0 Å². The van der Waals surface area contributed by atoms with Crippen LogP contribution in [-0.2, 0) is 6.42 Å². The summed E-state index contributed by atoms with van der Waals surface area (Å²) in [7, 11) is 0. The molecule has 0 radical (unpaired) electrons. The minimum atomic E-state index is -0.462. The molecule has 1 fully saturated rings. The molecule has 4 aromatic rings. The van der Waals surface area contributed by atoms with Gasteiger partial charge in [-0.3, -0.25) is 4.79 Å². The number of benzene rings is 1. The van der Waals surface area contributed by atoms with Gasteiger partial charge in [0.15, 0.2) is 5.69 Å². The van der Waals surface area contributed by atoms with Gasteiger partial charge in [0.1, 0.15) is 17.1 Å². The molecule has 2 aliphatic rings. The number of hydrogen-bond acceptors (Lipinski definition) is 8. The highest BCUT2D eigenvalue weighted by atomic mass is 32.1. The van der Waals surface area contributed by atoms with E-state index in [-0.39, 0.29) is 23.4 Å². The summed E-state index contributed by atoms with van der Waals surface area (Å²) in [6.07, 6.45) is 4.33. The van der Waals surface area contributed by atoms with E-state index in [1.165, 1.54) is 11.3 Å². The predicted octanol–water partition coefficient (Wildman–Crippen LogP) is 3.24. The molecule has 1 saturated carbocycles. The number of aromatic amines is 1. The molecular formula is C21H17N7O2S. The fraction of sp³-hybridized carbons (Fsp3) is 0.286. The normalized spacial score (nSPS) is 18.0. The molecule has 0 bridgehead atoms. The number of nitriles is 1. The smallest absolute Gasteiger partial charge is 0.296 e. The lowest BCUT2D eigenvalue weighted by Gasteiger charge is -2.33. The fourth-order valence-electron chi connectivity index (χ4n) is 3.89. The number of thiazole rings is 1. The maximum atomic E-state index is 13.6. The lowest BCUT2D eigenvalue weighted by Crippen LogP contribution is -2.40. The van der Waals surface area contributed by atoms with Gasteiger partial charge < -0.3 is 19.6 Å². The zero-order valence-corrected chi connectivity index (χ0v) is 17.1. The van der Waals surface area contributed by atoms with Gasteiger partial charge in [0, 0.05) is 24.7 Å². The van der Waals surface area contributed by atoms with E-state index in [9.17, 15) is 10.1 Å². The summed E-state index contributed by atoms with van der Waals surface area (Å²) in [6.45, 7) is 0.450. The predicted molar refractivity (Wildman–Crippen MR) is 113 cm³/mol. The first-order valence-corrected chi connectivity index (χ1v) is 10.9. The molecule has 1 aromatic carbocycles. The number of anilines is 1. The highest BCUT2D eigenvalue weighted by Gasteiger charge is 2.39. The maximum Gasteiger partial charge on any atom is 0.296 e. The Kier molecular flexibility index (Phi) is 4.04. The Bertz CT molecular complexity index is 1310. The van der Waals surface area contributed by atoms with Crippen LogP contribution < -0.4 is 5.32 Å². The van der Waals surface area contributed by atoms with Gasteiger partial charge in [-0.2, -0.15) is 10.2 Å². The number of fused-ring (bicyclic) bond motifs is 2. The molecule has 0 unspecified atom stereocenters. The monoisotopic (exact) mass is 431 g/mol. The Labute approximate surface area is 180 Å². The van der Waals surface area contributed by atoms with Crippen LogP contribution in [0.1, 0.15) is 51.5 Å². The van der Waals surface area contributed by atoms with E-state index in [0.717, 1.165) is 39.5 Å². The van der Waals surface area contributed by atoms with Crippen molar-refractivity contribution in [3.05, 3.63) is 58.4 Å². The molecule has 4 heterocycles. The summed E-state index contributed by atoms with van der Waals surface area (Å²) in [5, 5.41) is 13.4. The zero-order chi connectivity index (χ0) is 20.9. The fourth-order valence-corrected chi connectivity index (χ4v) is 4.97. The molecular weight excluding hydrogens is 414 g/mol. The number of aromatic nitrogens is 4. The number of hydrogen-bond donors (Lipinski definition) is 2. The van der Waals surface area contributed by atoms with Crippen molar-refractivity contribution >= 4 is 33.5 Å². The van der Waals surface area contributed by atoms with Crippen molar-refractivity contribution in [2.75, 3.05) is 11.9 Å². The number of nitrogens with zero attached hydrogens (tertiary/aromatic N) is 5. The number of imidazole rings is 1. The first-order valence-electron chi connectivity index (χ1n) is 10.1. The van der Waals surface area contributed by atoms with Gasteiger partial charge in [-0.05, 0) is 25.0 Å². The van der Waals surface area contributed by atoms with E-state index in [0.29, 0.717) is 19.0 Å². The number of H-pyrrole nitrogens is 1. The van der Waals surface area contributed by atoms with E-state index >= 15 is 0 Å². The van der Waals surface area contributed by atoms with Crippen LogP contribution in [0, 0.1) is 11.3 Å². The summed E-state index contributed by atoms with van der Waals surface area (Å²) >= 11 is 1.54. The van der Waals surface area contributed by atoms with Crippen molar-refractivity contribution in [3.8, 4) is 6.07 Å².